The molecule has 0 aliphatic heterocycles. The standard InChI is InChI=1S/C42H26N4/c1-2-10-30(11-3-1)45-39-16-8-4-12-32(39)34-25-42-35(24-41(34)45)33-13-5-9-17-40(33)46(42)31-21-20-27-22-29(19-18-28(27)23-31)38-26-43-36-14-6-7-15-37(36)44-38/h1-26H. The first-order valence-corrected chi connectivity index (χ1v) is 15.6. The van der Waals surface area contributed by atoms with Crippen LogP contribution >= 0.6 is 0 Å². The molecular weight excluding hydrogens is 560 g/mol. The van der Waals surface area contributed by atoms with Gasteiger partial charge >= 0.3 is 0 Å². The SMILES string of the molecule is c1ccc(-n2c3ccccc3c3cc4c(cc32)c2ccccc2n4-c2ccc3cc(-c4cnc5ccccc5n4)ccc3c2)cc1. The quantitative estimate of drug-likeness (QED) is 0.206. The topological polar surface area (TPSA) is 35.6 Å². The molecule has 0 bridgehead atoms. The molecule has 4 nitrogen and oxygen atoms in total. The van der Waals surface area contributed by atoms with Crippen LogP contribution in [-0.4, -0.2) is 19.1 Å². The number of nitrogens with zero attached hydrogens (tertiary/aromatic N) is 4. The fourth-order valence-electron chi connectivity index (χ4n) is 7.19. The van der Waals surface area contributed by atoms with Gasteiger partial charge in [0.1, 0.15) is 0 Å². The van der Waals surface area contributed by atoms with E-state index in [-0.39, 0.29) is 0 Å². The van der Waals surface area contributed by atoms with E-state index in [0.717, 1.165) is 28.0 Å². The van der Waals surface area contributed by atoms with Gasteiger partial charge in [0.15, 0.2) is 0 Å². The van der Waals surface area contributed by atoms with Gasteiger partial charge in [0, 0.05) is 38.5 Å². The predicted octanol–water partition coefficient (Wildman–Crippen LogP) is 10.6. The number of aromatic nitrogens is 4. The maximum atomic E-state index is 4.88. The first kappa shape index (κ1) is 25.1. The molecule has 0 aliphatic carbocycles. The highest BCUT2D eigenvalue weighted by Gasteiger charge is 2.18. The minimum absolute atomic E-state index is 0.880. The number of benzene rings is 7. The van der Waals surface area contributed by atoms with Crippen molar-refractivity contribution in [2.45, 2.75) is 0 Å². The molecule has 0 saturated carbocycles. The molecule has 3 heterocycles. The van der Waals surface area contributed by atoms with E-state index in [2.05, 4.69) is 142 Å². The Balaban J connectivity index is 1.19. The minimum Gasteiger partial charge on any atom is -0.309 e. The predicted molar refractivity (Wildman–Crippen MR) is 191 cm³/mol. The molecule has 0 radical (unpaired) electrons. The average molecular weight is 587 g/mol. The van der Waals surface area contributed by atoms with Crippen LogP contribution in [0.15, 0.2) is 158 Å². The number of rotatable bonds is 3. The molecule has 0 unspecified atom stereocenters. The van der Waals surface area contributed by atoms with E-state index in [1.165, 1.54) is 60.1 Å². The van der Waals surface area contributed by atoms with Crippen molar-refractivity contribution in [2.75, 3.05) is 0 Å². The van der Waals surface area contributed by atoms with Crippen LogP contribution in [0.1, 0.15) is 0 Å². The van der Waals surface area contributed by atoms with Gasteiger partial charge in [-0.25, -0.2) is 4.98 Å². The smallest absolute Gasteiger partial charge is 0.0894 e. The molecular formula is C42H26N4. The van der Waals surface area contributed by atoms with E-state index in [1.54, 1.807) is 0 Å². The van der Waals surface area contributed by atoms with E-state index >= 15 is 0 Å². The first-order chi connectivity index (χ1) is 22.8. The molecule has 0 aliphatic rings. The van der Waals surface area contributed by atoms with Crippen LogP contribution in [-0.2, 0) is 0 Å². The van der Waals surface area contributed by atoms with Gasteiger partial charge in [-0.05, 0) is 77.5 Å². The van der Waals surface area contributed by atoms with Crippen molar-refractivity contribution in [2.24, 2.45) is 0 Å². The summed E-state index contributed by atoms with van der Waals surface area (Å²) in [6, 6.07) is 54.2. The van der Waals surface area contributed by atoms with Crippen molar-refractivity contribution in [1.82, 2.24) is 19.1 Å². The number of para-hydroxylation sites is 5. The van der Waals surface area contributed by atoms with Crippen LogP contribution in [0.2, 0.25) is 0 Å². The van der Waals surface area contributed by atoms with E-state index < -0.39 is 0 Å². The lowest BCUT2D eigenvalue weighted by molar-refractivity contribution is 1.18. The Morgan fingerprint density at radius 2 is 0.978 bits per heavy atom. The van der Waals surface area contributed by atoms with Gasteiger partial charge in [-0.15, -0.1) is 0 Å². The molecule has 0 fully saturated rings. The molecule has 0 saturated heterocycles. The third-order valence-corrected chi connectivity index (χ3v) is 9.31. The molecule has 4 heteroatoms. The summed E-state index contributed by atoms with van der Waals surface area (Å²) in [4.78, 5) is 9.51. The van der Waals surface area contributed by atoms with Crippen LogP contribution in [0.25, 0.3) is 88.0 Å². The van der Waals surface area contributed by atoms with Gasteiger partial charge in [-0.1, -0.05) is 84.9 Å². The molecule has 0 atom stereocenters. The second kappa shape index (κ2) is 9.62. The Kier molecular flexibility index (Phi) is 5.25. The van der Waals surface area contributed by atoms with Crippen LogP contribution in [0.4, 0.5) is 0 Å². The third-order valence-electron chi connectivity index (χ3n) is 9.31. The zero-order valence-electron chi connectivity index (χ0n) is 24.8. The van der Waals surface area contributed by atoms with Gasteiger partial charge in [-0.3, -0.25) is 4.98 Å². The maximum Gasteiger partial charge on any atom is 0.0894 e. The highest BCUT2D eigenvalue weighted by molar-refractivity contribution is 6.19. The highest BCUT2D eigenvalue weighted by atomic mass is 15.0. The second-order valence-electron chi connectivity index (χ2n) is 11.9. The highest BCUT2D eigenvalue weighted by Crippen LogP contribution is 2.40. The van der Waals surface area contributed by atoms with Crippen LogP contribution in [0.5, 0.6) is 0 Å². The maximum absolute atomic E-state index is 4.88. The van der Waals surface area contributed by atoms with E-state index in [1.807, 2.05) is 30.5 Å². The summed E-state index contributed by atoms with van der Waals surface area (Å²) in [5, 5.41) is 7.34. The van der Waals surface area contributed by atoms with E-state index in [4.69, 9.17) is 4.98 Å². The molecule has 0 amide bonds. The fourth-order valence-corrected chi connectivity index (χ4v) is 7.19. The number of hydrogen-bond acceptors (Lipinski definition) is 2. The van der Waals surface area contributed by atoms with Gasteiger partial charge in [0.2, 0.25) is 0 Å². The van der Waals surface area contributed by atoms with Crippen LogP contribution in [0.3, 0.4) is 0 Å². The van der Waals surface area contributed by atoms with Gasteiger partial charge in [0.05, 0.1) is 45.0 Å². The largest absolute Gasteiger partial charge is 0.309 e. The van der Waals surface area contributed by atoms with Crippen molar-refractivity contribution >= 4 is 65.4 Å². The summed E-state index contributed by atoms with van der Waals surface area (Å²) in [6.07, 6.45) is 1.87. The summed E-state index contributed by atoms with van der Waals surface area (Å²) < 4.78 is 4.81. The number of fused-ring (bicyclic) bond motifs is 8. The van der Waals surface area contributed by atoms with Crippen LogP contribution in [0, 0.1) is 0 Å². The zero-order valence-corrected chi connectivity index (χ0v) is 24.8. The first-order valence-electron chi connectivity index (χ1n) is 15.6. The lowest BCUT2D eigenvalue weighted by Crippen LogP contribution is -1.95. The Hall–Kier alpha value is -6.26. The monoisotopic (exact) mass is 586 g/mol. The average Bonchev–Trinajstić information content (AvgIpc) is 3.62. The summed E-state index contributed by atoms with van der Waals surface area (Å²) >= 11 is 0. The van der Waals surface area contributed by atoms with Gasteiger partial charge in [-0.2, -0.15) is 0 Å². The zero-order chi connectivity index (χ0) is 30.2. The second-order valence-corrected chi connectivity index (χ2v) is 11.9. The summed E-state index contributed by atoms with van der Waals surface area (Å²) in [6.45, 7) is 0. The summed E-state index contributed by atoms with van der Waals surface area (Å²) in [7, 11) is 0. The Morgan fingerprint density at radius 3 is 1.72 bits per heavy atom. The molecule has 10 aromatic rings. The van der Waals surface area contributed by atoms with Crippen molar-refractivity contribution in [3.8, 4) is 22.6 Å². The molecule has 0 spiro atoms. The Morgan fingerprint density at radius 1 is 0.391 bits per heavy atom. The van der Waals surface area contributed by atoms with Crippen molar-refractivity contribution in [3.05, 3.63) is 158 Å². The molecule has 214 valence electrons. The molecule has 3 aromatic heterocycles. The van der Waals surface area contributed by atoms with E-state index in [9.17, 15) is 0 Å². The summed E-state index contributed by atoms with van der Waals surface area (Å²) in [5.41, 5.74) is 10.9. The van der Waals surface area contributed by atoms with Crippen LogP contribution < -0.4 is 0 Å². The molecule has 7 aromatic carbocycles. The Labute approximate surface area is 264 Å². The molecule has 46 heavy (non-hydrogen) atoms. The van der Waals surface area contributed by atoms with Crippen molar-refractivity contribution in [1.29, 1.82) is 0 Å². The van der Waals surface area contributed by atoms with Gasteiger partial charge in [0.25, 0.3) is 0 Å². The van der Waals surface area contributed by atoms with E-state index in [0.29, 0.717) is 0 Å². The third kappa shape index (κ3) is 3.67. The molecule has 0 N–H and O–H groups in total. The lowest BCUT2D eigenvalue weighted by atomic mass is 10.0. The minimum atomic E-state index is 0.880. The Bertz CT molecular complexity index is 2810. The van der Waals surface area contributed by atoms with Gasteiger partial charge < -0.3 is 9.13 Å². The number of hydrogen-bond donors (Lipinski definition) is 0. The normalized spacial score (nSPS) is 11.9. The summed E-state index contributed by atoms with van der Waals surface area (Å²) in [5.74, 6) is 0. The lowest BCUT2D eigenvalue weighted by Gasteiger charge is -2.11. The van der Waals surface area contributed by atoms with Crippen molar-refractivity contribution < 1.29 is 0 Å². The van der Waals surface area contributed by atoms with Crippen molar-refractivity contribution in [3.63, 3.8) is 0 Å². The fraction of sp³-hybridized carbons (Fsp3) is 0. The molecule has 10 rings (SSSR count).